The smallest absolute Gasteiger partial charge is 0.408 e. The van der Waals surface area contributed by atoms with Gasteiger partial charge in [0.2, 0.25) is 5.91 Å². The Balaban J connectivity index is 2.06. The summed E-state index contributed by atoms with van der Waals surface area (Å²) in [6.07, 6.45) is 1.22. The highest BCUT2D eigenvalue weighted by Crippen LogP contribution is 2.07. The number of amides is 2. The Bertz CT molecular complexity index is 839. The van der Waals surface area contributed by atoms with Crippen molar-refractivity contribution in [1.82, 2.24) is 10.6 Å². The molecule has 0 aromatic heterocycles. The number of benzene rings is 2. The van der Waals surface area contributed by atoms with Crippen molar-refractivity contribution in [2.45, 2.75) is 31.5 Å². The van der Waals surface area contributed by atoms with Gasteiger partial charge in [0.05, 0.1) is 7.11 Å². The van der Waals surface area contributed by atoms with E-state index in [1.54, 1.807) is 0 Å². The summed E-state index contributed by atoms with van der Waals surface area (Å²) in [5, 5.41) is 5.20. The largest absolute Gasteiger partial charge is 0.467 e. The standard InChI is InChI=1S/C23H26N2O5/c1-3-10-19(22(27)29-2)24-21(26)20(15-17-11-6-4-7-12-17)25-23(28)30-16-18-13-8-5-9-14-18/h3-9,11-14,19-20H,1,10,15-16H2,2H3,(H,24,26)(H,25,28)/t19-,20+/m0/s1. The van der Waals surface area contributed by atoms with E-state index in [0.717, 1.165) is 11.1 Å². The molecule has 0 bridgehead atoms. The lowest BCUT2D eigenvalue weighted by Crippen LogP contribution is -2.52. The highest BCUT2D eigenvalue weighted by Gasteiger charge is 2.27. The average Bonchev–Trinajstić information content (AvgIpc) is 2.77. The third kappa shape index (κ3) is 7.43. The first kappa shape index (κ1) is 22.7. The molecule has 2 rings (SSSR count). The Morgan fingerprint density at radius 3 is 2.10 bits per heavy atom. The van der Waals surface area contributed by atoms with Gasteiger partial charge in [-0.15, -0.1) is 6.58 Å². The van der Waals surface area contributed by atoms with Gasteiger partial charge in [-0.05, 0) is 17.5 Å². The van der Waals surface area contributed by atoms with Gasteiger partial charge in [0.25, 0.3) is 0 Å². The Morgan fingerprint density at radius 1 is 0.933 bits per heavy atom. The monoisotopic (exact) mass is 410 g/mol. The first-order valence-corrected chi connectivity index (χ1v) is 9.53. The second-order valence-corrected chi connectivity index (χ2v) is 6.56. The van der Waals surface area contributed by atoms with Crippen molar-refractivity contribution >= 4 is 18.0 Å². The molecule has 0 saturated carbocycles. The van der Waals surface area contributed by atoms with Gasteiger partial charge in [0, 0.05) is 6.42 Å². The maximum absolute atomic E-state index is 12.8. The van der Waals surface area contributed by atoms with Crippen molar-refractivity contribution in [3.8, 4) is 0 Å². The molecule has 2 atom stereocenters. The topological polar surface area (TPSA) is 93.7 Å². The fourth-order valence-corrected chi connectivity index (χ4v) is 2.76. The molecule has 0 aliphatic carbocycles. The number of carbonyl (C=O) groups excluding carboxylic acids is 3. The SMILES string of the molecule is C=CC[C@H](NC(=O)[C@@H](Cc1ccccc1)NC(=O)OCc1ccccc1)C(=O)OC. The van der Waals surface area contributed by atoms with Gasteiger partial charge >= 0.3 is 12.1 Å². The van der Waals surface area contributed by atoms with Crippen molar-refractivity contribution in [1.29, 1.82) is 0 Å². The fraction of sp³-hybridized carbons (Fsp3) is 0.261. The Morgan fingerprint density at radius 2 is 1.53 bits per heavy atom. The fourth-order valence-electron chi connectivity index (χ4n) is 2.76. The molecule has 2 aromatic carbocycles. The van der Waals surface area contributed by atoms with Crippen LogP contribution in [-0.4, -0.2) is 37.2 Å². The average molecular weight is 410 g/mol. The molecule has 0 heterocycles. The predicted molar refractivity (Wildman–Crippen MR) is 112 cm³/mol. The molecular formula is C23H26N2O5. The van der Waals surface area contributed by atoms with E-state index >= 15 is 0 Å². The van der Waals surface area contributed by atoms with Crippen molar-refractivity contribution in [3.63, 3.8) is 0 Å². The van der Waals surface area contributed by atoms with Crippen molar-refractivity contribution in [2.75, 3.05) is 7.11 Å². The Hall–Kier alpha value is -3.61. The van der Waals surface area contributed by atoms with Crippen LogP contribution in [0.4, 0.5) is 4.79 Å². The molecule has 0 unspecified atom stereocenters. The third-order valence-corrected chi connectivity index (χ3v) is 4.31. The van der Waals surface area contributed by atoms with Crippen LogP contribution in [0, 0.1) is 0 Å². The van der Waals surface area contributed by atoms with E-state index in [1.807, 2.05) is 60.7 Å². The minimum Gasteiger partial charge on any atom is -0.467 e. The third-order valence-electron chi connectivity index (χ3n) is 4.31. The number of hydrogen-bond donors (Lipinski definition) is 2. The van der Waals surface area contributed by atoms with Crippen LogP contribution >= 0.6 is 0 Å². The molecule has 7 heteroatoms. The summed E-state index contributed by atoms with van der Waals surface area (Å²) in [5.41, 5.74) is 1.67. The van der Waals surface area contributed by atoms with Crippen LogP contribution in [0.2, 0.25) is 0 Å². The maximum Gasteiger partial charge on any atom is 0.408 e. The van der Waals surface area contributed by atoms with Crippen LogP contribution in [0.25, 0.3) is 0 Å². The number of carbonyl (C=O) groups is 3. The molecule has 2 N–H and O–H groups in total. The van der Waals surface area contributed by atoms with Crippen molar-refractivity contribution < 1.29 is 23.9 Å². The lowest BCUT2D eigenvalue weighted by molar-refractivity contribution is -0.145. The molecule has 0 spiro atoms. The molecule has 0 fully saturated rings. The van der Waals surface area contributed by atoms with Crippen molar-refractivity contribution in [2.24, 2.45) is 0 Å². The summed E-state index contributed by atoms with van der Waals surface area (Å²) in [4.78, 5) is 37.0. The minimum atomic E-state index is -0.937. The van der Waals surface area contributed by atoms with E-state index in [0.29, 0.717) is 0 Å². The molecule has 158 valence electrons. The van der Waals surface area contributed by atoms with Crippen LogP contribution in [0.3, 0.4) is 0 Å². The minimum absolute atomic E-state index is 0.0770. The van der Waals surface area contributed by atoms with Crippen LogP contribution in [0.15, 0.2) is 73.3 Å². The summed E-state index contributed by atoms with van der Waals surface area (Å²) < 4.78 is 9.95. The van der Waals surface area contributed by atoms with E-state index in [4.69, 9.17) is 9.47 Å². The highest BCUT2D eigenvalue weighted by molar-refractivity contribution is 5.90. The molecule has 0 radical (unpaired) electrons. The van der Waals surface area contributed by atoms with E-state index in [-0.39, 0.29) is 19.4 Å². The molecule has 7 nitrogen and oxygen atoms in total. The zero-order valence-corrected chi connectivity index (χ0v) is 16.9. The summed E-state index contributed by atoms with van der Waals surface area (Å²) in [6.45, 7) is 3.67. The second-order valence-electron chi connectivity index (χ2n) is 6.56. The highest BCUT2D eigenvalue weighted by atomic mass is 16.5. The molecule has 30 heavy (non-hydrogen) atoms. The van der Waals surface area contributed by atoms with Gasteiger partial charge < -0.3 is 20.1 Å². The van der Waals surface area contributed by atoms with Gasteiger partial charge in [0.1, 0.15) is 18.7 Å². The van der Waals surface area contributed by atoms with E-state index in [1.165, 1.54) is 13.2 Å². The van der Waals surface area contributed by atoms with E-state index in [9.17, 15) is 14.4 Å². The Labute approximate surface area is 176 Å². The summed E-state index contributed by atoms with van der Waals surface area (Å²) in [6, 6.07) is 16.6. The zero-order valence-electron chi connectivity index (χ0n) is 16.9. The van der Waals surface area contributed by atoms with E-state index < -0.39 is 30.1 Å². The van der Waals surface area contributed by atoms with Gasteiger partial charge in [-0.3, -0.25) is 4.79 Å². The van der Waals surface area contributed by atoms with Crippen LogP contribution in [0.1, 0.15) is 17.5 Å². The first-order chi connectivity index (χ1) is 14.5. The van der Waals surface area contributed by atoms with Gasteiger partial charge in [-0.1, -0.05) is 66.7 Å². The molecule has 2 aromatic rings. The number of methoxy groups -OCH3 is 1. The van der Waals surface area contributed by atoms with Gasteiger partial charge in [0.15, 0.2) is 0 Å². The van der Waals surface area contributed by atoms with Gasteiger partial charge in [-0.25, -0.2) is 9.59 Å². The molecule has 0 saturated heterocycles. The second kappa shape index (κ2) is 12.1. The molecule has 0 aliphatic heterocycles. The van der Waals surface area contributed by atoms with Crippen LogP contribution < -0.4 is 10.6 Å². The predicted octanol–water partition coefficient (Wildman–Crippen LogP) is 2.76. The number of esters is 1. The van der Waals surface area contributed by atoms with Crippen LogP contribution in [0.5, 0.6) is 0 Å². The molecule has 2 amide bonds. The lowest BCUT2D eigenvalue weighted by atomic mass is 10.0. The molecule has 0 aliphatic rings. The van der Waals surface area contributed by atoms with Crippen molar-refractivity contribution in [3.05, 3.63) is 84.4 Å². The normalized spacial score (nSPS) is 12.2. The number of hydrogen-bond acceptors (Lipinski definition) is 5. The summed E-state index contributed by atoms with van der Waals surface area (Å²) in [5.74, 6) is -1.11. The molecular weight excluding hydrogens is 384 g/mol. The van der Waals surface area contributed by atoms with E-state index in [2.05, 4.69) is 17.2 Å². The number of ether oxygens (including phenoxy) is 2. The Kier molecular flexibility index (Phi) is 9.12. The summed E-state index contributed by atoms with van der Waals surface area (Å²) >= 11 is 0. The zero-order chi connectivity index (χ0) is 21.8. The number of alkyl carbamates (subject to hydrolysis) is 1. The summed E-state index contributed by atoms with van der Waals surface area (Å²) in [7, 11) is 1.24. The van der Waals surface area contributed by atoms with Crippen LogP contribution in [-0.2, 0) is 32.1 Å². The first-order valence-electron chi connectivity index (χ1n) is 9.53. The number of nitrogens with one attached hydrogen (secondary N) is 2. The van der Waals surface area contributed by atoms with Gasteiger partial charge in [-0.2, -0.15) is 0 Å². The number of rotatable bonds is 10. The quantitative estimate of drug-likeness (QED) is 0.464. The lowest BCUT2D eigenvalue weighted by Gasteiger charge is -2.21. The maximum atomic E-state index is 12.8.